The average molecular weight is 353 g/mol. The molecule has 5 nitrogen and oxygen atoms in total. The summed E-state index contributed by atoms with van der Waals surface area (Å²) in [6.45, 7) is 0.538. The smallest absolute Gasteiger partial charge is 0.242 e. The van der Waals surface area contributed by atoms with E-state index in [1.807, 2.05) is 7.05 Å². The molecule has 0 unspecified atom stereocenters. The van der Waals surface area contributed by atoms with Crippen LogP contribution in [-0.2, 0) is 16.6 Å². The molecule has 2 N–H and O–H groups in total. The Balaban J connectivity index is 2.08. The summed E-state index contributed by atoms with van der Waals surface area (Å²) >= 11 is 11.9. The fourth-order valence-corrected chi connectivity index (χ4v) is 3.98. The van der Waals surface area contributed by atoms with Crippen molar-refractivity contribution in [1.29, 1.82) is 0 Å². The van der Waals surface area contributed by atoms with Crippen LogP contribution in [0.5, 0.6) is 0 Å². The van der Waals surface area contributed by atoms with E-state index in [1.54, 1.807) is 0 Å². The van der Waals surface area contributed by atoms with Gasteiger partial charge in [-0.25, -0.2) is 13.1 Å². The molecule has 21 heavy (non-hydrogen) atoms. The number of nitrogens with one attached hydrogen (secondary N) is 1. The van der Waals surface area contributed by atoms with Gasteiger partial charge in [-0.3, -0.25) is 0 Å². The number of hydrogen-bond acceptors (Lipinski definition) is 4. The molecule has 1 aliphatic rings. The van der Waals surface area contributed by atoms with Gasteiger partial charge in [-0.1, -0.05) is 23.2 Å². The van der Waals surface area contributed by atoms with Gasteiger partial charge in [0.2, 0.25) is 10.0 Å². The second-order valence-electron chi connectivity index (χ2n) is 5.11. The zero-order valence-corrected chi connectivity index (χ0v) is 14.0. The monoisotopic (exact) mass is 352 g/mol. The Labute approximate surface area is 134 Å². The van der Waals surface area contributed by atoms with Crippen LogP contribution in [0.4, 0.5) is 0 Å². The van der Waals surface area contributed by atoms with E-state index in [-0.39, 0.29) is 20.5 Å². The minimum atomic E-state index is -3.72. The van der Waals surface area contributed by atoms with Crippen molar-refractivity contribution in [2.45, 2.75) is 30.4 Å². The highest BCUT2D eigenvalue weighted by atomic mass is 35.5. The van der Waals surface area contributed by atoms with Crippen LogP contribution in [0.15, 0.2) is 17.0 Å². The third-order valence-electron chi connectivity index (χ3n) is 3.53. The van der Waals surface area contributed by atoms with Gasteiger partial charge in [0.25, 0.3) is 0 Å². The number of aliphatic hydroxyl groups excluding tert-OH is 1. The first-order valence-electron chi connectivity index (χ1n) is 6.64. The third-order valence-corrected chi connectivity index (χ3v) is 5.93. The predicted molar refractivity (Wildman–Crippen MR) is 83.2 cm³/mol. The third kappa shape index (κ3) is 4.09. The maximum absolute atomic E-state index is 12.3. The first kappa shape index (κ1) is 17.0. The highest BCUT2D eigenvalue weighted by molar-refractivity contribution is 7.89. The second-order valence-corrected chi connectivity index (χ2v) is 7.63. The maximum Gasteiger partial charge on any atom is 0.242 e. The van der Waals surface area contributed by atoms with Crippen molar-refractivity contribution in [3.05, 3.63) is 27.7 Å². The Morgan fingerprint density at radius 1 is 1.38 bits per heavy atom. The van der Waals surface area contributed by atoms with Crippen LogP contribution in [0.1, 0.15) is 18.4 Å². The van der Waals surface area contributed by atoms with E-state index in [0.29, 0.717) is 19.1 Å². The number of aliphatic hydroxyl groups is 1. The minimum absolute atomic E-state index is 0.0342. The highest BCUT2D eigenvalue weighted by Gasteiger charge is 2.26. The van der Waals surface area contributed by atoms with Crippen LogP contribution < -0.4 is 4.72 Å². The molecule has 0 aliphatic heterocycles. The first-order valence-corrected chi connectivity index (χ1v) is 8.88. The van der Waals surface area contributed by atoms with Crippen molar-refractivity contribution in [3.8, 4) is 0 Å². The van der Waals surface area contributed by atoms with Gasteiger partial charge in [-0.05, 0) is 32.0 Å². The molecule has 0 bridgehead atoms. The van der Waals surface area contributed by atoms with Crippen molar-refractivity contribution in [1.82, 2.24) is 9.62 Å². The SMILES string of the molecule is CN(CCNS(=O)(=O)c1ccc(Cl)c(CO)c1Cl)C1CC1. The minimum Gasteiger partial charge on any atom is -0.392 e. The zero-order chi connectivity index (χ0) is 15.6. The maximum atomic E-state index is 12.3. The summed E-state index contributed by atoms with van der Waals surface area (Å²) in [5.41, 5.74) is 0.219. The summed E-state index contributed by atoms with van der Waals surface area (Å²) in [7, 11) is -1.74. The first-order chi connectivity index (χ1) is 9.86. The number of likely N-dealkylation sites (N-methyl/N-ethyl adjacent to an activating group) is 1. The van der Waals surface area contributed by atoms with Gasteiger partial charge in [0.1, 0.15) is 4.90 Å². The van der Waals surface area contributed by atoms with Gasteiger partial charge in [-0.2, -0.15) is 0 Å². The topological polar surface area (TPSA) is 69.6 Å². The van der Waals surface area contributed by atoms with Gasteiger partial charge in [0.05, 0.1) is 11.6 Å². The van der Waals surface area contributed by atoms with Crippen molar-refractivity contribution in [3.63, 3.8) is 0 Å². The summed E-state index contributed by atoms with van der Waals surface area (Å²) < 4.78 is 27.0. The van der Waals surface area contributed by atoms with Gasteiger partial charge >= 0.3 is 0 Å². The Hall–Kier alpha value is -0.370. The lowest BCUT2D eigenvalue weighted by atomic mass is 10.2. The van der Waals surface area contributed by atoms with Crippen molar-refractivity contribution in [2.24, 2.45) is 0 Å². The van der Waals surface area contributed by atoms with Gasteiger partial charge in [0, 0.05) is 29.7 Å². The molecular formula is C13H18Cl2N2O3S. The molecule has 0 saturated heterocycles. The van der Waals surface area contributed by atoms with Crippen LogP contribution in [0.2, 0.25) is 10.0 Å². The highest BCUT2D eigenvalue weighted by Crippen LogP contribution is 2.31. The lowest BCUT2D eigenvalue weighted by Crippen LogP contribution is -2.34. The van der Waals surface area contributed by atoms with Gasteiger partial charge < -0.3 is 10.0 Å². The quantitative estimate of drug-likeness (QED) is 0.785. The lowest BCUT2D eigenvalue weighted by molar-refractivity contribution is 0.281. The Morgan fingerprint density at radius 2 is 2.05 bits per heavy atom. The van der Waals surface area contributed by atoms with Crippen LogP contribution in [0.3, 0.4) is 0 Å². The van der Waals surface area contributed by atoms with Crippen LogP contribution >= 0.6 is 23.2 Å². The Morgan fingerprint density at radius 3 is 2.62 bits per heavy atom. The molecule has 118 valence electrons. The molecule has 0 radical (unpaired) electrons. The molecule has 2 rings (SSSR count). The van der Waals surface area contributed by atoms with E-state index < -0.39 is 16.6 Å². The molecule has 1 aliphatic carbocycles. The summed E-state index contributed by atoms with van der Waals surface area (Å²) in [6, 6.07) is 3.34. The molecule has 8 heteroatoms. The predicted octanol–water partition coefficient (Wildman–Crippen LogP) is 1.86. The van der Waals surface area contributed by atoms with E-state index in [9.17, 15) is 13.5 Å². The van der Waals surface area contributed by atoms with Crippen LogP contribution in [0, 0.1) is 0 Å². The Kier molecular flexibility index (Phi) is 5.51. The van der Waals surface area contributed by atoms with E-state index >= 15 is 0 Å². The van der Waals surface area contributed by atoms with E-state index in [4.69, 9.17) is 23.2 Å². The molecule has 1 saturated carbocycles. The number of benzene rings is 1. The molecule has 0 amide bonds. The number of halogens is 2. The van der Waals surface area contributed by atoms with Crippen molar-refractivity contribution in [2.75, 3.05) is 20.1 Å². The second kappa shape index (κ2) is 6.81. The fraction of sp³-hybridized carbons (Fsp3) is 0.538. The molecule has 0 atom stereocenters. The molecule has 0 aromatic heterocycles. The lowest BCUT2D eigenvalue weighted by Gasteiger charge is -2.16. The van der Waals surface area contributed by atoms with Crippen LogP contribution in [-0.4, -0.2) is 44.6 Å². The van der Waals surface area contributed by atoms with E-state index in [1.165, 1.54) is 25.0 Å². The van der Waals surface area contributed by atoms with E-state index in [2.05, 4.69) is 9.62 Å². The molecule has 1 fully saturated rings. The zero-order valence-electron chi connectivity index (χ0n) is 11.6. The van der Waals surface area contributed by atoms with E-state index in [0.717, 1.165) is 0 Å². The molecule has 0 heterocycles. The number of nitrogens with zero attached hydrogens (tertiary/aromatic N) is 1. The van der Waals surface area contributed by atoms with Gasteiger partial charge in [0.15, 0.2) is 0 Å². The van der Waals surface area contributed by atoms with Crippen molar-refractivity contribution >= 4 is 33.2 Å². The summed E-state index contributed by atoms with van der Waals surface area (Å²) in [4.78, 5) is 2.07. The molecule has 0 spiro atoms. The fourth-order valence-electron chi connectivity index (χ4n) is 2.06. The average Bonchev–Trinajstić information content (AvgIpc) is 3.22. The number of sulfonamides is 1. The normalized spacial score (nSPS) is 15.7. The summed E-state index contributed by atoms with van der Waals surface area (Å²) in [5, 5.41) is 9.43. The summed E-state index contributed by atoms with van der Waals surface area (Å²) in [5.74, 6) is 0. The summed E-state index contributed by atoms with van der Waals surface area (Å²) in [6.07, 6.45) is 2.35. The molecule has 1 aromatic carbocycles. The standard InChI is InChI=1S/C13H18Cl2N2O3S/c1-17(9-2-3-9)7-6-16-21(19,20)12-5-4-11(14)10(8-18)13(12)15/h4-5,9,16,18H,2-3,6-8H2,1H3. The number of hydrogen-bond donors (Lipinski definition) is 2. The Bertz CT molecular complexity index is 618. The number of rotatable bonds is 7. The van der Waals surface area contributed by atoms with Crippen molar-refractivity contribution < 1.29 is 13.5 Å². The van der Waals surface area contributed by atoms with Crippen LogP contribution in [0.25, 0.3) is 0 Å². The largest absolute Gasteiger partial charge is 0.392 e. The molecule has 1 aromatic rings. The van der Waals surface area contributed by atoms with Gasteiger partial charge in [-0.15, -0.1) is 0 Å². The molecular weight excluding hydrogens is 335 g/mol.